The van der Waals surface area contributed by atoms with Crippen molar-refractivity contribution in [1.29, 1.82) is 0 Å². The first-order valence-electron chi connectivity index (χ1n) is 5.51. The second-order valence-electron chi connectivity index (χ2n) is 4.23. The lowest BCUT2D eigenvalue weighted by molar-refractivity contribution is -0.140. The van der Waals surface area contributed by atoms with Crippen LogP contribution in [-0.2, 0) is 11.0 Å². The number of piperidine rings is 1. The summed E-state index contributed by atoms with van der Waals surface area (Å²) in [6.07, 6.45) is -3.58. The van der Waals surface area contributed by atoms with E-state index in [1.54, 1.807) is 4.90 Å². The third kappa shape index (κ3) is 2.63. The SMILES string of the molecule is O=C1CCCN(c2ccc(C(F)(F)F)c(F)c2)C1. The number of anilines is 1. The predicted molar refractivity (Wildman–Crippen MR) is 57.9 cm³/mol. The molecule has 18 heavy (non-hydrogen) atoms. The average Bonchev–Trinajstić information content (AvgIpc) is 2.27. The van der Waals surface area contributed by atoms with E-state index in [-0.39, 0.29) is 12.3 Å². The van der Waals surface area contributed by atoms with Crippen molar-refractivity contribution >= 4 is 11.5 Å². The fourth-order valence-electron chi connectivity index (χ4n) is 1.99. The first-order chi connectivity index (χ1) is 8.38. The van der Waals surface area contributed by atoms with E-state index in [1.165, 1.54) is 6.07 Å². The molecule has 6 heteroatoms. The highest BCUT2D eigenvalue weighted by Gasteiger charge is 2.34. The van der Waals surface area contributed by atoms with Crippen molar-refractivity contribution in [3.8, 4) is 0 Å². The van der Waals surface area contributed by atoms with Gasteiger partial charge in [0.15, 0.2) is 5.78 Å². The zero-order chi connectivity index (χ0) is 13.3. The number of halogens is 4. The van der Waals surface area contributed by atoms with Crippen molar-refractivity contribution < 1.29 is 22.4 Å². The zero-order valence-corrected chi connectivity index (χ0v) is 9.43. The number of alkyl halides is 3. The Morgan fingerprint density at radius 1 is 1.22 bits per heavy atom. The van der Waals surface area contributed by atoms with Crippen molar-refractivity contribution in [3.05, 3.63) is 29.6 Å². The van der Waals surface area contributed by atoms with Gasteiger partial charge in [0.1, 0.15) is 5.82 Å². The van der Waals surface area contributed by atoms with E-state index in [9.17, 15) is 22.4 Å². The molecule has 1 fully saturated rings. The van der Waals surface area contributed by atoms with Crippen molar-refractivity contribution in [1.82, 2.24) is 0 Å². The zero-order valence-electron chi connectivity index (χ0n) is 9.43. The molecule has 0 radical (unpaired) electrons. The summed E-state index contributed by atoms with van der Waals surface area (Å²) in [5, 5.41) is 0. The molecule has 0 saturated carbocycles. The third-order valence-corrected chi connectivity index (χ3v) is 2.87. The maximum absolute atomic E-state index is 13.4. The minimum Gasteiger partial charge on any atom is -0.364 e. The molecule has 0 unspecified atom stereocenters. The molecule has 1 heterocycles. The fraction of sp³-hybridized carbons (Fsp3) is 0.417. The predicted octanol–water partition coefficient (Wildman–Crippen LogP) is 3.01. The number of benzene rings is 1. The Hall–Kier alpha value is -1.59. The largest absolute Gasteiger partial charge is 0.419 e. The highest BCUT2D eigenvalue weighted by molar-refractivity contribution is 5.84. The van der Waals surface area contributed by atoms with E-state index in [0.29, 0.717) is 31.1 Å². The Kier molecular flexibility index (Phi) is 3.28. The number of Topliss-reactive ketones (excluding diaryl/α,β-unsaturated/α-hetero) is 1. The van der Waals surface area contributed by atoms with Crippen molar-refractivity contribution in [3.63, 3.8) is 0 Å². The fourth-order valence-corrected chi connectivity index (χ4v) is 1.99. The lowest BCUT2D eigenvalue weighted by Gasteiger charge is -2.28. The molecule has 1 aliphatic rings. The van der Waals surface area contributed by atoms with Gasteiger partial charge in [-0.2, -0.15) is 13.2 Å². The molecule has 0 N–H and O–H groups in total. The van der Waals surface area contributed by atoms with Crippen molar-refractivity contribution in [2.45, 2.75) is 19.0 Å². The number of carbonyl (C=O) groups is 1. The smallest absolute Gasteiger partial charge is 0.364 e. The van der Waals surface area contributed by atoms with Gasteiger partial charge in [-0.25, -0.2) is 4.39 Å². The highest BCUT2D eigenvalue weighted by Crippen LogP contribution is 2.33. The second kappa shape index (κ2) is 4.59. The van der Waals surface area contributed by atoms with Gasteiger partial charge in [-0.3, -0.25) is 4.79 Å². The van der Waals surface area contributed by atoms with Crippen LogP contribution in [0.15, 0.2) is 18.2 Å². The Morgan fingerprint density at radius 2 is 1.94 bits per heavy atom. The van der Waals surface area contributed by atoms with Crippen LogP contribution in [0.2, 0.25) is 0 Å². The van der Waals surface area contributed by atoms with Gasteiger partial charge in [0.05, 0.1) is 12.1 Å². The molecular formula is C12H11F4NO. The molecule has 0 bridgehead atoms. The van der Waals surface area contributed by atoms with Crippen LogP contribution in [0.3, 0.4) is 0 Å². The summed E-state index contributed by atoms with van der Waals surface area (Å²) in [7, 11) is 0. The summed E-state index contributed by atoms with van der Waals surface area (Å²) in [6, 6.07) is 2.75. The Labute approximate surface area is 101 Å². The summed E-state index contributed by atoms with van der Waals surface area (Å²) in [5.41, 5.74) is -0.969. The second-order valence-corrected chi connectivity index (χ2v) is 4.23. The van der Waals surface area contributed by atoms with E-state index in [2.05, 4.69) is 0 Å². The highest BCUT2D eigenvalue weighted by atomic mass is 19.4. The van der Waals surface area contributed by atoms with Crippen molar-refractivity contribution in [2.24, 2.45) is 0 Å². The summed E-state index contributed by atoms with van der Waals surface area (Å²) in [6.45, 7) is 0.682. The molecule has 0 spiro atoms. The van der Waals surface area contributed by atoms with Gasteiger partial charge in [-0.05, 0) is 24.6 Å². The average molecular weight is 261 g/mol. The minimum absolute atomic E-state index is 0.0153. The number of nitrogens with zero attached hydrogens (tertiary/aromatic N) is 1. The quantitative estimate of drug-likeness (QED) is 0.724. The van der Waals surface area contributed by atoms with E-state index >= 15 is 0 Å². The van der Waals surface area contributed by atoms with Crippen LogP contribution in [0.4, 0.5) is 23.2 Å². The van der Waals surface area contributed by atoms with Crippen molar-refractivity contribution in [2.75, 3.05) is 18.0 Å². The molecule has 2 rings (SSSR count). The van der Waals surface area contributed by atoms with Crippen LogP contribution >= 0.6 is 0 Å². The molecule has 1 saturated heterocycles. The molecule has 0 aromatic heterocycles. The van der Waals surface area contributed by atoms with Crippen LogP contribution in [0, 0.1) is 5.82 Å². The summed E-state index contributed by atoms with van der Waals surface area (Å²) in [5.74, 6) is -1.29. The number of rotatable bonds is 1. The Morgan fingerprint density at radius 3 is 2.50 bits per heavy atom. The van der Waals surface area contributed by atoms with Gasteiger partial charge in [0.25, 0.3) is 0 Å². The number of ketones is 1. The first-order valence-corrected chi connectivity index (χ1v) is 5.51. The summed E-state index contributed by atoms with van der Waals surface area (Å²) in [4.78, 5) is 12.8. The van der Waals surface area contributed by atoms with E-state index in [4.69, 9.17) is 0 Å². The molecule has 1 aromatic rings. The minimum atomic E-state index is -4.69. The molecule has 1 aliphatic heterocycles. The maximum Gasteiger partial charge on any atom is 0.419 e. The molecule has 0 atom stereocenters. The Balaban J connectivity index is 2.26. The number of carbonyl (C=O) groups excluding carboxylic acids is 1. The monoisotopic (exact) mass is 261 g/mol. The standard InChI is InChI=1S/C12H11F4NO/c13-11-6-8(3-4-10(11)12(14,15)16)17-5-1-2-9(18)7-17/h3-4,6H,1-2,5,7H2. The van der Waals surface area contributed by atoms with Gasteiger partial charge in [0.2, 0.25) is 0 Å². The summed E-state index contributed by atoms with van der Waals surface area (Å²) >= 11 is 0. The normalized spacial score (nSPS) is 17.1. The molecule has 2 nitrogen and oxygen atoms in total. The number of hydrogen-bond donors (Lipinski definition) is 0. The van der Waals surface area contributed by atoms with Crippen LogP contribution in [0.25, 0.3) is 0 Å². The van der Waals surface area contributed by atoms with E-state index in [1.807, 2.05) is 0 Å². The molecular weight excluding hydrogens is 250 g/mol. The van der Waals surface area contributed by atoms with Crippen LogP contribution < -0.4 is 4.90 Å². The lowest BCUT2D eigenvalue weighted by Crippen LogP contribution is -2.35. The third-order valence-electron chi connectivity index (χ3n) is 2.87. The first kappa shape index (κ1) is 12.9. The topological polar surface area (TPSA) is 20.3 Å². The number of hydrogen-bond acceptors (Lipinski definition) is 2. The molecule has 0 amide bonds. The van der Waals surface area contributed by atoms with E-state index in [0.717, 1.165) is 6.07 Å². The van der Waals surface area contributed by atoms with Crippen LogP contribution in [-0.4, -0.2) is 18.9 Å². The lowest BCUT2D eigenvalue weighted by atomic mass is 10.1. The Bertz CT molecular complexity index is 470. The van der Waals surface area contributed by atoms with E-state index < -0.39 is 17.6 Å². The molecule has 1 aromatic carbocycles. The molecule has 0 aliphatic carbocycles. The van der Waals surface area contributed by atoms with Gasteiger partial charge in [-0.1, -0.05) is 0 Å². The van der Waals surface area contributed by atoms with Gasteiger partial charge >= 0.3 is 6.18 Å². The summed E-state index contributed by atoms with van der Waals surface area (Å²) < 4.78 is 50.5. The maximum atomic E-state index is 13.4. The molecule has 98 valence electrons. The van der Waals surface area contributed by atoms with Gasteiger partial charge in [0, 0.05) is 18.7 Å². The van der Waals surface area contributed by atoms with Crippen LogP contribution in [0.5, 0.6) is 0 Å². The van der Waals surface area contributed by atoms with Gasteiger partial charge < -0.3 is 4.90 Å². The van der Waals surface area contributed by atoms with Crippen LogP contribution in [0.1, 0.15) is 18.4 Å². The van der Waals surface area contributed by atoms with Gasteiger partial charge in [-0.15, -0.1) is 0 Å².